The Labute approximate surface area is 172 Å². The summed E-state index contributed by atoms with van der Waals surface area (Å²) in [6, 6.07) is 20.7. The van der Waals surface area contributed by atoms with E-state index < -0.39 is 14.9 Å². The number of nitro benzene ring substituents is 1. The van der Waals surface area contributed by atoms with Crippen molar-refractivity contribution in [2.45, 2.75) is 4.90 Å². The molecule has 150 valence electrons. The molecule has 0 atom stereocenters. The zero-order valence-corrected chi connectivity index (χ0v) is 16.2. The number of aromatic nitrogens is 1. The highest BCUT2D eigenvalue weighted by Crippen LogP contribution is 2.27. The van der Waals surface area contributed by atoms with Gasteiger partial charge < -0.3 is 4.42 Å². The molecule has 0 saturated carbocycles. The molecule has 4 aromatic rings. The van der Waals surface area contributed by atoms with Crippen LogP contribution in [-0.2, 0) is 10.0 Å². The summed E-state index contributed by atoms with van der Waals surface area (Å²) in [6.07, 6.45) is 1.62. The summed E-state index contributed by atoms with van der Waals surface area (Å²) in [6.45, 7) is 0. The Morgan fingerprint density at radius 2 is 1.53 bits per heavy atom. The highest BCUT2D eigenvalue weighted by Gasteiger charge is 2.16. The smallest absolute Gasteiger partial charge is 0.269 e. The predicted octanol–water partition coefficient (Wildman–Crippen LogP) is 4.72. The van der Waals surface area contributed by atoms with Crippen LogP contribution >= 0.6 is 0 Å². The first-order chi connectivity index (χ1) is 14.4. The molecule has 0 fully saturated rings. The average molecular weight is 421 g/mol. The maximum absolute atomic E-state index is 12.6. The van der Waals surface area contributed by atoms with E-state index in [1.54, 1.807) is 18.3 Å². The highest BCUT2D eigenvalue weighted by atomic mass is 32.2. The van der Waals surface area contributed by atoms with Crippen molar-refractivity contribution in [1.29, 1.82) is 0 Å². The second-order valence-corrected chi connectivity index (χ2v) is 8.01. The molecule has 8 nitrogen and oxygen atoms in total. The fourth-order valence-corrected chi connectivity index (χ4v) is 3.84. The number of anilines is 1. The van der Waals surface area contributed by atoms with Crippen molar-refractivity contribution in [2.75, 3.05) is 4.72 Å². The van der Waals surface area contributed by atoms with E-state index in [9.17, 15) is 18.5 Å². The second kappa shape index (κ2) is 7.80. The molecule has 9 heteroatoms. The maximum atomic E-state index is 12.6. The molecule has 4 rings (SSSR count). The number of non-ortho nitro benzene ring substituents is 1. The normalized spacial score (nSPS) is 11.2. The quantitative estimate of drug-likeness (QED) is 0.356. The van der Waals surface area contributed by atoms with Gasteiger partial charge in [-0.3, -0.25) is 14.8 Å². The third kappa shape index (κ3) is 4.06. The molecule has 0 aliphatic heterocycles. The Kier molecular flexibility index (Phi) is 5.03. The molecule has 0 saturated heterocycles. The summed E-state index contributed by atoms with van der Waals surface area (Å²) in [5.41, 5.74) is 1.63. The van der Waals surface area contributed by atoms with Gasteiger partial charge in [0.2, 0.25) is 5.89 Å². The van der Waals surface area contributed by atoms with Crippen LogP contribution in [0.15, 0.2) is 94.4 Å². The van der Waals surface area contributed by atoms with E-state index in [4.69, 9.17) is 4.42 Å². The molecule has 1 heterocycles. The van der Waals surface area contributed by atoms with E-state index >= 15 is 0 Å². The second-order valence-electron chi connectivity index (χ2n) is 6.33. The Hall–Kier alpha value is -3.98. The van der Waals surface area contributed by atoms with Gasteiger partial charge in [-0.1, -0.05) is 30.3 Å². The van der Waals surface area contributed by atoms with Crippen molar-refractivity contribution in [3.05, 3.63) is 95.2 Å². The van der Waals surface area contributed by atoms with E-state index in [0.717, 1.165) is 5.56 Å². The number of hydrogen-bond donors (Lipinski definition) is 1. The van der Waals surface area contributed by atoms with Crippen LogP contribution in [0.25, 0.3) is 22.8 Å². The summed E-state index contributed by atoms with van der Waals surface area (Å²) in [4.78, 5) is 14.5. The van der Waals surface area contributed by atoms with Crippen LogP contribution in [0.4, 0.5) is 11.4 Å². The lowest BCUT2D eigenvalue weighted by atomic mass is 10.2. The van der Waals surface area contributed by atoms with Gasteiger partial charge in [0, 0.05) is 28.9 Å². The Morgan fingerprint density at radius 1 is 0.867 bits per heavy atom. The van der Waals surface area contributed by atoms with Crippen LogP contribution in [0.2, 0.25) is 0 Å². The van der Waals surface area contributed by atoms with E-state index in [2.05, 4.69) is 9.71 Å². The predicted molar refractivity (Wildman–Crippen MR) is 111 cm³/mol. The van der Waals surface area contributed by atoms with Gasteiger partial charge in [0.1, 0.15) is 0 Å². The number of oxazole rings is 1. The lowest BCUT2D eigenvalue weighted by Gasteiger charge is -2.08. The number of sulfonamides is 1. The minimum atomic E-state index is -3.85. The fourth-order valence-electron chi connectivity index (χ4n) is 2.79. The van der Waals surface area contributed by atoms with Gasteiger partial charge in [-0.15, -0.1) is 0 Å². The van der Waals surface area contributed by atoms with Gasteiger partial charge in [0.25, 0.3) is 15.7 Å². The first kappa shape index (κ1) is 19.3. The number of nitrogens with zero attached hydrogens (tertiary/aromatic N) is 2. The first-order valence-electron chi connectivity index (χ1n) is 8.81. The number of nitro groups is 1. The minimum absolute atomic E-state index is 0.0411. The largest absolute Gasteiger partial charge is 0.436 e. The molecule has 0 bridgehead atoms. The van der Waals surface area contributed by atoms with Gasteiger partial charge in [-0.05, 0) is 36.4 Å². The number of hydrogen-bond acceptors (Lipinski definition) is 6. The molecular formula is C21H15N3O5S. The summed E-state index contributed by atoms with van der Waals surface area (Å²) < 4.78 is 33.3. The van der Waals surface area contributed by atoms with Crippen molar-refractivity contribution in [1.82, 2.24) is 4.98 Å². The molecule has 0 radical (unpaired) electrons. The molecule has 0 amide bonds. The molecule has 1 N–H and O–H groups in total. The number of nitrogens with one attached hydrogen (secondary N) is 1. The summed E-state index contributed by atoms with van der Waals surface area (Å²) in [5, 5.41) is 10.7. The van der Waals surface area contributed by atoms with E-state index in [0.29, 0.717) is 17.2 Å². The summed E-state index contributed by atoms with van der Waals surface area (Å²) in [7, 11) is -3.85. The van der Waals surface area contributed by atoms with Crippen LogP contribution in [0.3, 0.4) is 0 Å². The van der Waals surface area contributed by atoms with Crippen LogP contribution in [0.1, 0.15) is 0 Å². The minimum Gasteiger partial charge on any atom is -0.436 e. The van der Waals surface area contributed by atoms with Crippen molar-refractivity contribution in [2.24, 2.45) is 0 Å². The molecule has 0 aliphatic rings. The van der Waals surface area contributed by atoms with Gasteiger partial charge in [-0.25, -0.2) is 13.4 Å². The molecule has 0 unspecified atom stereocenters. The van der Waals surface area contributed by atoms with Crippen molar-refractivity contribution in [3.63, 3.8) is 0 Å². The standard InChI is InChI=1S/C21H15N3O5S/c25-24(26)18-10-8-17(9-11-18)23-30(27,28)19-12-6-16(7-13-19)21-22-14-20(29-21)15-4-2-1-3-5-15/h1-14,23H. The van der Waals surface area contributed by atoms with E-state index in [-0.39, 0.29) is 16.3 Å². The summed E-state index contributed by atoms with van der Waals surface area (Å²) in [5.74, 6) is 0.989. The molecular weight excluding hydrogens is 406 g/mol. The molecule has 3 aromatic carbocycles. The van der Waals surface area contributed by atoms with E-state index in [1.807, 2.05) is 30.3 Å². The van der Waals surface area contributed by atoms with Crippen LogP contribution in [0.5, 0.6) is 0 Å². The molecule has 30 heavy (non-hydrogen) atoms. The molecule has 0 spiro atoms. The Morgan fingerprint density at radius 3 is 2.17 bits per heavy atom. The van der Waals surface area contributed by atoms with Crippen molar-refractivity contribution < 1.29 is 17.8 Å². The fraction of sp³-hybridized carbons (Fsp3) is 0. The molecule has 1 aromatic heterocycles. The first-order valence-corrected chi connectivity index (χ1v) is 10.3. The van der Waals surface area contributed by atoms with Crippen LogP contribution in [0, 0.1) is 10.1 Å². The third-order valence-electron chi connectivity index (χ3n) is 4.31. The lowest BCUT2D eigenvalue weighted by Crippen LogP contribution is -2.12. The van der Waals surface area contributed by atoms with Gasteiger partial charge in [0.15, 0.2) is 5.76 Å². The van der Waals surface area contributed by atoms with Gasteiger partial charge in [0.05, 0.1) is 16.0 Å². The average Bonchev–Trinajstić information content (AvgIpc) is 3.25. The van der Waals surface area contributed by atoms with E-state index in [1.165, 1.54) is 36.4 Å². The van der Waals surface area contributed by atoms with Gasteiger partial charge >= 0.3 is 0 Å². The zero-order valence-electron chi connectivity index (χ0n) is 15.4. The van der Waals surface area contributed by atoms with Crippen LogP contribution < -0.4 is 4.72 Å². The van der Waals surface area contributed by atoms with Crippen molar-refractivity contribution in [3.8, 4) is 22.8 Å². The Balaban J connectivity index is 1.53. The highest BCUT2D eigenvalue weighted by molar-refractivity contribution is 7.92. The number of rotatable bonds is 6. The number of benzene rings is 3. The zero-order chi connectivity index (χ0) is 21.1. The topological polar surface area (TPSA) is 115 Å². The summed E-state index contributed by atoms with van der Waals surface area (Å²) >= 11 is 0. The van der Waals surface area contributed by atoms with Gasteiger partial charge in [-0.2, -0.15) is 0 Å². The molecule has 0 aliphatic carbocycles. The lowest BCUT2D eigenvalue weighted by molar-refractivity contribution is -0.384. The SMILES string of the molecule is O=[N+]([O-])c1ccc(NS(=O)(=O)c2ccc(-c3ncc(-c4ccccc4)o3)cc2)cc1. The van der Waals surface area contributed by atoms with Crippen molar-refractivity contribution >= 4 is 21.4 Å². The monoisotopic (exact) mass is 421 g/mol. The maximum Gasteiger partial charge on any atom is 0.269 e. The Bertz CT molecular complexity index is 1280. The third-order valence-corrected chi connectivity index (χ3v) is 5.70. The van der Waals surface area contributed by atoms with Crippen LogP contribution in [-0.4, -0.2) is 18.3 Å².